The van der Waals surface area contributed by atoms with Gasteiger partial charge in [0.1, 0.15) is 5.75 Å². The lowest BCUT2D eigenvalue weighted by molar-refractivity contribution is 0.102. The molecular formula is C16H16N2O2. The lowest BCUT2D eigenvalue weighted by atomic mass is 10.1. The molecule has 3 N–H and O–H groups in total. The number of fused-ring (bicyclic) bond motifs is 1. The van der Waals surface area contributed by atoms with Crippen molar-refractivity contribution in [1.82, 2.24) is 0 Å². The second kappa shape index (κ2) is 4.89. The molecule has 1 aliphatic heterocycles. The van der Waals surface area contributed by atoms with Crippen LogP contribution in [0.2, 0.25) is 0 Å². The number of aromatic hydroxyl groups is 1. The first kappa shape index (κ1) is 12.5. The fraction of sp³-hybridized carbons (Fsp3) is 0.188. The topological polar surface area (TPSA) is 61.4 Å². The van der Waals surface area contributed by atoms with Crippen molar-refractivity contribution in [2.45, 2.75) is 13.3 Å². The minimum atomic E-state index is -0.298. The first-order valence-corrected chi connectivity index (χ1v) is 6.61. The van der Waals surface area contributed by atoms with Gasteiger partial charge in [0.25, 0.3) is 5.91 Å². The third-order valence-electron chi connectivity index (χ3n) is 3.47. The molecule has 20 heavy (non-hydrogen) atoms. The highest BCUT2D eigenvalue weighted by atomic mass is 16.3. The summed E-state index contributed by atoms with van der Waals surface area (Å²) in [6.45, 7) is 2.81. The Kier molecular flexibility index (Phi) is 3.06. The van der Waals surface area contributed by atoms with E-state index in [2.05, 4.69) is 10.6 Å². The normalized spacial score (nSPS) is 12.7. The Morgan fingerprint density at radius 2 is 2.10 bits per heavy atom. The largest absolute Gasteiger partial charge is 0.507 e. The lowest BCUT2D eigenvalue weighted by Gasteiger charge is -2.09. The van der Waals surface area contributed by atoms with E-state index in [1.54, 1.807) is 18.2 Å². The molecule has 4 nitrogen and oxygen atoms in total. The first-order valence-electron chi connectivity index (χ1n) is 6.61. The number of benzene rings is 2. The number of amides is 1. The average Bonchev–Trinajstić information content (AvgIpc) is 2.85. The highest BCUT2D eigenvalue weighted by Crippen LogP contribution is 2.26. The van der Waals surface area contributed by atoms with Gasteiger partial charge in [-0.25, -0.2) is 0 Å². The Balaban J connectivity index is 1.82. The standard InChI is InChI=1S/C16H16N2O2/c1-10-2-4-13(15(19)8-10)16(20)18-12-3-5-14-11(9-12)6-7-17-14/h2-5,8-9,17,19H,6-7H2,1H3,(H,18,20). The van der Waals surface area contributed by atoms with Gasteiger partial charge in [-0.3, -0.25) is 4.79 Å². The van der Waals surface area contributed by atoms with Gasteiger partial charge in [0, 0.05) is 17.9 Å². The summed E-state index contributed by atoms with van der Waals surface area (Å²) in [5.41, 5.74) is 4.28. The highest BCUT2D eigenvalue weighted by Gasteiger charge is 2.14. The number of hydrogen-bond donors (Lipinski definition) is 3. The van der Waals surface area contributed by atoms with E-state index >= 15 is 0 Å². The minimum Gasteiger partial charge on any atom is -0.507 e. The average molecular weight is 268 g/mol. The number of anilines is 2. The Bertz CT molecular complexity index is 680. The number of carbonyl (C=O) groups excluding carboxylic acids is 1. The summed E-state index contributed by atoms with van der Waals surface area (Å²) in [4.78, 5) is 12.2. The maximum Gasteiger partial charge on any atom is 0.259 e. The lowest BCUT2D eigenvalue weighted by Crippen LogP contribution is -2.12. The Hall–Kier alpha value is -2.49. The molecule has 0 saturated heterocycles. The number of aryl methyl sites for hydroxylation is 1. The number of nitrogens with one attached hydrogen (secondary N) is 2. The SMILES string of the molecule is Cc1ccc(C(=O)Nc2ccc3c(c2)CCN3)c(O)c1. The Morgan fingerprint density at radius 1 is 1.25 bits per heavy atom. The van der Waals surface area contributed by atoms with Crippen molar-refractivity contribution in [3.63, 3.8) is 0 Å². The van der Waals surface area contributed by atoms with Crippen LogP contribution in [-0.4, -0.2) is 17.6 Å². The van der Waals surface area contributed by atoms with E-state index in [1.807, 2.05) is 25.1 Å². The zero-order valence-corrected chi connectivity index (χ0v) is 11.2. The molecule has 2 aromatic rings. The van der Waals surface area contributed by atoms with Gasteiger partial charge in [0.15, 0.2) is 0 Å². The van der Waals surface area contributed by atoms with Crippen LogP contribution in [0.25, 0.3) is 0 Å². The smallest absolute Gasteiger partial charge is 0.259 e. The van der Waals surface area contributed by atoms with Crippen molar-refractivity contribution >= 4 is 17.3 Å². The zero-order valence-electron chi connectivity index (χ0n) is 11.2. The van der Waals surface area contributed by atoms with E-state index < -0.39 is 0 Å². The van der Waals surface area contributed by atoms with E-state index in [0.29, 0.717) is 0 Å². The molecule has 1 heterocycles. The van der Waals surface area contributed by atoms with Gasteiger partial charge in [-0.15, -0.1) is 0 Å². The van der Waals surface area contributed by atoms with Crippen molar-refractivity contribution in [2.24, 2.45) is 0 Å². The van der Waals surface area contributed by atoms with Crippen LogP contribution < -0.4 is 10.6 Å². The summed E-state index contributed by atoms with van der Waals surface area (Å²) in [7, 11) is 0. The van der Waals surface area contributed by atoms with E-state index in [-0.39, 0.29) is 17.2 Å². The number of phenols is 1. The van der Waals surface area contributed by atoms with Gasteiger partial charge in [-0.1, -0.05) is 6.07 Å². The van der Waals surface area contributed by atoms with Crippen molar-refractivity contribution in [2.75, 3.05) is 17.2 Å². The van der Waals surface area contributed by atoms with Crippen molar-refractivity contribution in [1.29, 1.82) is 0 Å². The van der Waals surface area contributed by atoms with Gasteiger partial charge in [0.2, 0.25) is 0 Å². The number of carbonyl (C=O) groups is 1. The number of hydrogen-bond acceptors (Lipinski definition) is 3. The Morgan fingerprint density at radius 3 is 2.90 bits per heavy atom. The van der Waals surface area contributed by atoms with Gasteiger partial charge >= 0.3 is 0 Å². The van der Waals surface area contributed by atoms with Crippen LogP contribution in [0.5, 0.6) is 5.75 Å². The van der Waals surface area contributed by atoms with E-state index in [0.717, 1.165) is 29.9 Å². The van der Waals surface area contributed by atoms with Crippen LogP contribution in [-0.2, 0) is 6.42 Å². The predicted octanol–water partition coefficient (Wildman–Crippen LogP) is 2.92. The molecule has 3 rings (SSSR count). The molecule has 0 aliphatic carbocycles. The van der Waals surface area contributed by atoms with Gasteiger partial charge in [-0.05, 0) is 54.8 Å². The molecule has 0 radical (unpaired) electrons. The first-order chi connectivity index (χ1) is 9.63. The fourth-order valence-corrected chi connectivity index (χ4v) is 2.41. The quantitative estimate of drug-likeness (QED) is 0.784. The summed E-state index contributed by atoms with van der Waals surface area (Å²) in [5, 5.41) is 15.9. The molecule has 0 saturated carbocycles. The van der Waals surface area contributed by atoms with Crippen LogP contribution in [0.15, 0.2) is 36.4 Å². The second-order valence-corrected chi connectivity index (χ2v) is 5.02. The summed E-state index contributed by atoms with van der Waals surface area (Å²) >= 11 is 0. The van der Waals surface area contributed by atoms with Crippen LogP contribution in [0.4, 0.5) is 11.4 Å². The monoisotopic (exact) mass is 268 g/mol. The van der Waals surface area contributed by atoms with E-state index in [4.69, 9.17) is 0 Å². The highest BCUT2D eigenvalue weighted by molar-refractivity contribution is 6.06. The molecule has 102 valence electrons. The third kappa shape index (κ3) is 2.32. The predicted molar refractivity (Wildman–Crippen MR) is 79.4 cm³/mol. The van der Waals surface area contributed by atoms with Crippen molar-refractivity contribution in [3.8, 4) is 5.75 Å². The molecule has 0 unspecified atom stereocenters. The molecule has 4 heteroatoms. The molecule has 0 aromatic heterocycles. The van der Waals surface area contributed by atoms with Crippen molar-refractivity contribution < 1.29 is 9.90 Å². The van der Waals surface area contributed by atoms with Gasteiger partial charge in [-0.2, -0.15) is 0 Å². The molecule has 0 atom stereocenters. The number of rotatable bonds is 2. The van der Waals surface area contributed by atoms with Gasteiger partial charge < -0.3 is 15.7 Å². The van der Waals surface area contributed by atoms with Crippen LogP contribution in [0.3, 0.4) is 0 Å². The molecule has 0 spiro atoms. The van der Waals surface area contributed by atoms with Crippen LogP contribution in [0.1, 0.15) is 21.5 Å². The summed E-state index contributed by atoms with van der Waals surface area (Å²) in [6, 6.07) is 10.8. The molecule has 2 aromatic carbocycles. The molecular weight excluding hydrogens is 252 g/mol. The maximum absolute atomic E-state index is 12.2. The van der Waals surface area contributed by atoms with E-state index in [1.165, 1.54) is 5.56 Å². The maximum atomic E-state index is 12.2. The Labute approximate surface area is 117 Å². The van der Waals surface area contributed by atoms with Gasteiger partial charge in [0.05, 0.1) is 5.56 Å². The zero-order chi connectivity index (χ0) is 14.1. The minimum absolute atomic E-state index is 0.00493. The van der Waals surface area contributed by atoms with Crippen molar-refractivity contribution in [3.05, 3.63) is 53.1 Å². The summed E-state index contributed by atoms with van der Waals surface area (Å²) in [6.07, 6.45) is 0.967. The fourth-order valence-electron chi connectivity index (χ4n) is 2.41. The molecule has 0 bridgehead atoms. The van der Waals surface area contributed by atoms with Crippen LogP contribution in [0, 0.1) is 6.92 Å². The molecule has 1 amide bonds. The summed E-state index contributed by atoms with van der Waals surface area (Å²) < 4.78 is 0. The number of phenolic OH excluding ortho intramolecular Hbond substituents is 1. The molecule has 1 aliphatic rings. The van der Waals surface area contributed by atoms with E-state index in [9.17, 15) is 9.90 Å². The van der Waals surface area contributed by atoms with Crippen LogP contribution >= 0.6 is 0 Å². The third-order valence-corrected chi connectivity index (χ3v) is 3.47. The summed E-state index contributed by atoms with van der Waals surface area (Å²) in [5.74, 6) is -0.293. The molecule has 0 fully saturated rings. The second-order valence-electron chi connectivity index (χ2n) is 5.02.